The van der Waals surface area contributed by atoms with E-state index in [1.54, 1.807) is 6.92 Å². The fraction of sp³-hybridized carbons (Fsp3) is 0.389. The Labute approximate surface area is 157 Å². The van der Waals surface area contributed by atoms with E-state index < -0.39 is 25.6 Å². The minimum absolute atomic E-state index is 0.107. The Morgan fingerprint density at radius 2 is 1.93 bits per heavy atom. The molecule has 0 saturated carbocycles. The molecule has 27 heavy (non-hydrogen) atoms. The lowest BCUT2D eigenvalue weighted by Gasteiger charge is -2.14. The first-order valence-electron chi connectivity index (χ1n) is 8.21. The molecule has 8 nitrogen and oxygen atoms in total. The maximum atomic E-state index is 13.3. The number of fused-ring (bicyclic) bond motifs is 1. The number of ether oxygens (including phenoxy) is 2. The lowest BCUT2D eigenvalue weighted by molar-refractivity contribution is -0.142. The summed E-state index contributed by atoms with van der Waals surface area (Å²) in [5.74, 6) is -1.41. The van der Waals surface area contributed by atoms with Crippen LogP contribution < -0.4 is 5.30 Å². The van der Waals surface area contributed by atoms with Crippen LogP contribution in [0.25, 0.3) is 6.08 Å². The van der Waals surface area contributed by atoms with Crippen molar-refractivity contribution in [2.45, 2.75) is 26.4 Å². The molecule has 1 aromatic carbocycles. The van der Waals surface area contributed by atoms with Crippen molar-refractivity contribution in [1.29, 1.82) is 0 Å². The predicted molar refractivity (Wildman–Crippen MR) is 96.8 cm³/mol. The standard InChI is InChI=1S/C18H21O8P/c1-5-25-27(22)18-12(6-7-16(20)23-3)8-13(11(2)19)9-14(18)15(26-27)10-17(21)24-4/h6-9,15H,5,10H2,1-4H3/b7-6+. The number of esters is 2. The molecule has 0 aromatic heterocycles. The Bertz CT molecular complexity index is 842. The van der Waals surface area contributed by atoms with Crippen LogP contribution in [-0.4, -0.2) is 38.5 Å². The smallest absolute Gasteiger partial charge is 0.362 e. The molecule has 1 aliphatic heterocycles. The average Bonchev–Trinajstić information content (AvgIpc) is 2.91. The molecule has 0 bridgehead atoms. The second kappa shape index (κ2) is 8.61. The van der Waals surface area contributed by atoms with Gasteiger partial charge < -0.3 is 14.0 Å². The van der Waals surface area contributed by atoms with E-state index in [2.05, 4.69) is 9.47 Å². The first-order chi connectivity index (χ1) is 12.8. The van der Waals surface area contributed by atoms with Gasteiger partial charge in [0.2, 0.25) is 0 Å². The SMILES string of the molecule is CCOP1(=O)OC(CC(=O)OC)c2cc(C(C)=O)cc(/C=C/C(=O)OC)c21. The van der Waals surface area contributed by atoms with Crippen LogP contribution in [0.15, 0.2) is 18.2 Å². The molecule has 9 heteroatoms. The van der Waals surface area contributed by atoms with Gasteiger partial charge >= 0.3 is 19.5 Å². The molecule has 2 atom stereocenters. The van der Waals surface area contributed by atoms with Gasteiger partial charge in [-0.25, -0.2) is 4.79 Å². The molecule has 0 N–H and O–H groups in total. The summed E-state index contributed by atoms with van der Waals surface area (Å²) in [6.45, 7) is 3.14. The van der Waals surface area contributed by atoms with Gasteiger partial charge in [-0.05, 0) is 43.2 Å². The van der Waals surface area contributed by atoms with E-state index in [0.29, 0.717) is 16.7 Å². The summed E-state index contributed by atoms with van der Waals surface area (Å²) in [6.07, 6.45) is 1.44. The van der Waals surface area contributed by atoms with Gasteiger partial charge in [-0.1, -0.05) is 0 Å². The van der Waals surface area contributed by atoms with Crippen molar-refractivity contribution in [2.75, 3.05) is 20.8 Å². The molecule has 1 heterocycles. The van der Waals surface area contributed by atoms with Crippen LogP contribution in [0.1, 0.15) is 47.9 Å². The highest BCUT2D eigenvalue weighted by molar-refractivity contribution is 7.62. The van der Waals surface area contributed by atoms with Crippen LogP contribution >= 0.6 is 7.60 Å². The Kier molecular flexibility index (Phi) is 6.70. The molecule has 146 valence electrons. The number of Topliss-reactive ketones (excluding diaryl/α,β-unsaturated/α-hetero) is 1. The first-order valence-corrected chi connectivity index (χ1v) is 9.75. The zero-order valence-corrected chi connectivity index (χ0v) is 16.4. The lowest BCUT2D eigenvalue weighted by Crippen LogP contribution is -2.14. The van der Waals surface area contributed by atoms with Crippen molar-refractivity contribution in [2.24, 2.45) is 0 Å². The fourth-order valence-corrected chi connectivity index (χ4v) is 4.86. The number of benzene rings is 1. The summed E-state index contributed by atoms with van der Waals surface area (Å²) in [7, 11) is -1.30. The van der Waals surface area contributed by atoms with Crippen LogP contribution in [0.5, 0.6) is 0 Å². The maximum Gasteiger partial charge on any atom is 0.362 e. The van der Waals surface area contributed by atoms with Crippen LogP contribution in [-0.2, 0) is 32.7 Å². The number of methoxy groups -OCH3 is 2. The van der Waals surface area contributed by atoms with Crippen LogP contribution in [0.4, 0.5) is 0 Å². The summed E-state index contributed by atoms with van der Waals surface area (Å²) < 4.78 is 33.5. The third kappa shape index (κ3) is 4.53. The molecule has 1 aromatic rings. The van der Waals surface area contributed by atoms with Crippen LogP contribution in [0.3, 0.4) is 0 Å². The van der Waals surface area contributed by atoms with Crippen molar-refractivity contribution in [3.8, 4) is 0 Å². The molecule has 0 radical (unpaired) electrons. The van der Waals surface area contributed by atoms with Gasteiger partial charge in [0.05, 0.1) is 32.6 Å². The molecule has 2 rings (SSSR count). The van der Waals surface area contributed by atoms with Gasteiger partial charge in [0.15, 0.2) is 5.78 Å². The van der Waals surface area contributed by atoms with Crippen LogP contribution in [0.2, 0.25) is 0 Å². The Hall–Kier alpha value is -2.28. The summed E-state index contributed by atoms with van der Waals surface area (Å²) in [5.41, 5.74) is 1.04. The number of hydrogen-bond acceptors (Lipinski definition) is 8. The molecule has 0 amide bonds. The van der Waals surface area contributed by atoms with Crippen molar-refractivity contribution < 1.29 is 37.5 Å². The summed E-state index contributed by atoms with van der Waals surface area (Å²) in [5, 5.41) is 0.225. The summed E-state index contributed by atoms with van der Waals surface area (Å²) in [4.78, 5) is 35.1. The minimum atomic E-state index is -3.76. The number of hydrogen-bond donors (Lipinski definition) is 0. The summed E-state index contributed by atoms with van der Waals surface area (Å²) in [6, 6.07) is 3.02. The van der Waals surface area contributed by atoms with Gasteiger partial charge in [-0.2, -0.15) is 0 Å². The molecular formula is C18H21O8P. The Balaban J connectivity index is 2.68. The van der Waals surface area contributed by atoms with Gasteiger partial charge in [-0.15, -0.1) is 0 Å². The van der Waals surface area contributed by atoms with E-state index in [0.717, 1.165) is 6.08 Å². The van der Waals surface area contributed by atoms with Crippen molar-refractivity contribution >= 4 is 36.7 Å². The number of ketones is 1. The van der Waals surface area contributed by atoms with E-state index in [4.69, 9.17) is 9.05 Å². The lowest BCUT2D eigenvalue weighted by atomic mass is 9.98. The summed E-state index contributed by atoms with van der Waals surface area (Å²) >= 11 is 0. The van der Waals surface area contributed by atoms with Crippen molar-refractivity contribution in [3.05, 3.63) is 34.9 Å². The van der Waals surface area contributed by atoms with E-state index in [9.17, 15) is 18.9 Å². The highest BCUT2D eigenvalue weighted by Gasteiger charge is 2.45. The van der Waals surface area contributed by atoms with Crippen molar-refractivity contribution in [1.82, 2.24) is 0 Å². The molecule has 0 aliphatic carbocycles. The molecule has 2 unspecified atom stereocenters. The van der Waals surface area contributed by atoms with Gasteiger partial charge in [-0.3, -0.25) is 18.7 Å². The normalized spacial score (nSPS) is 21.1. The Morgan fingerprint density at radius 1 is 1.22 bits per heavy atom. The second-order valence-corrected chi connectivity index (χ2v) is 7.62. The fourth-order valence-electron chi connectivity index (χ4n) is 2.72. The van der Waals surface area contributed by atoms with E-state index in [-0.39, 0.29) is 24.1 Å². The molecule has 0 spiro atoms. The largest absolute Gasteiger partial charge is 0.469 e. The quantitative estimate of drug-likeness (QED) is 0.300. The molecule has 1 aliphatic rings. The van der Waals surface area contributed by atoms with Gasteiger partial charge in [0.1, 0.15) is 6.10 Å². The molecule has 0 fully saturated rings. The average molecular weight is 396 g/mol. The third-order valence-electron chi connectivity index (χ3n) is 3.94. The highest BCUT2D eigenvalue weighted by Crippen LogP contribution is 2.59. The number of rotatable bonds is 7. The first kappa shape index (κ1) is 21.0. The molecule has 0 saturated heterocycles. The van der Waals surface area contributed by atoms with Crippen molar-refractivity contribution in [3.63, 3.8) is 0 Å². The highest BCUT2D eigenvalue weighted by atomic mass is 31.2. The minimum Gasteiger partial charge on any atom is -0.469 e. The monoisotopic (exact) mass is 396 g/mol. The van der Waals surface area contributed by atoms with E-state index in [1.807, 2.05) is 0 Å². The van der Waals surface area contributed by atoms with Gasteiger partial charge in [0, 0.05) is 11.6 Å². The van der Waals surface area contributed by atoms with Crippen LogP contribution in [0, 0.1) is 0 Å². The van der Waals surface area contributed by atoms with E-state index >= 15 is 0 Å². The maximum absolute atomic E-state index is 13.3. The Morgan fingerprint density at radius 3 is 2.48 bits per heavy atom. The number of carbonyl (C=O) groups excluding carboxylic acids is 3. The zero-order valence-electron chi connectivity index (χ0n) is 15.5. The zero-order chi connectivity index (χ0) is 20.2. The number of carbonyl (C=O) groups is 3. The topological polar surface area (TPSA) is 105 Å². The molecular weight excluding hydrogens is 375 g/mol. The van der Waals surface area contributed by atoms with Gasteiger partial charge in [0.25, 0.3) is 0 Å². The predicted octanol–water partition coefficient (Wildman–Crippen LogP) is 2.56. The van der Waals surface area contributed by atoms with E-state index in [1.165, 1.54) is 39.4 Å². The third-order valence-corrected chi connectivity index (χ3v) is 6.14. The second-order valence-electron chi connectivity index (χ2n) is 5.71.